The number of nitrogens with zero attached hydrogens (tertiary/aromatic N) is 3. The SMILES string of the molecule is CN(C(=O)CCC(F)(F)F)C1CCN(c2ccc3c(c2)C(=O)N(C2CCC(=O)NC2=O)C3=O)CC1. The number of anilines is 1. The van der Waals surface area contributed by atoms with Gasteiger partial charge in [-0.15, -0.1) is 0 Å². The summed E-state index contributed by atoms with van der Waals surface area (Å²) >= 11 is 0. The first-order valence-corrected chi connectivity index (χ1v) is 11.4. The first kappa shape index (κ1) is 24.7. The summed E-state index contributed by atoms with van der Waals surface area (Å²) in [4.78, 5) is 65.9. The minimum atomic E-state index is -4.37. The lowest BCUT2D eigenvalue weighted by Crippen LogP contribution is -2.54. The van der Waals surface area contributed by atoms with Crippen molar-refractivity contribution in [3.8, 4) is 0 Å². The monoisotopic (exact) mass is 494 g/mol. The Morgan fingerprint density at radius 1 is 1.06 bits per heavy atom. The Labute approximate surface area is 199 Å². The summed E-state index contributed by atoms with van der Waals surface area (Å²) in [5.74, 6) is -2.83. The molecule has 9 nitrogen and oxygen atoms in total. The molecule has 2 fully saturated rings. The number of piperidine rings is 2. The highest BCUT2D eigenvalue weighted by molar-refractivity contribution is 6.23. The van der Waals surface area contributed by atoms with E-state index in [1.165, 1.54) is 18.0 Å². The fraction of sp³-hybridized carbons (Fsp3) is 0.522. The van der Waals surface area contributed by atoms with Gasteiger partial charge in [0, 0.05) is 44.7 Å². The molecule has 3 heterocycles. The number of halogens is 3. The van der Waals surface area contributed by atoms with Crippen molar-refractivity contribution in [3.05, 3.63) is 29.3 Å². The Kier molecular flexibility index (Phi) is 6.56. The zero-order valence-electron chi connectivity index (χ0n) is 19.1. The van der Waals surface area contributed by atoms with Crippen LogP contribution in [0.2, 0.25) is 0 Å². The molecule has 3 aliphatic heterocycles. The number of rotatable bonds is 5. The second-order valence-corrected chi connectivity index (χ2v) is 9.02. The number of alkyl halides is 3. The molecule has 12 heteroatoms. The van der Waals surface area contributed by atoms with Gasteiger partial charge in [-0.2, -0.15) is 13.2 Å². The van der Waals surface area contributed by atoms with Crippen molar-refractivity contribution in [2.24, 2.45) is 0 Å². The molecule has 1 atom stereocenters. The molecule has 0 radical (unpaired) electrons. The van der Waals surface area contributed by atoms with Gasteiger partial charge in [0.1, 0.15) is 6.04 Å². The van der Waals surface area contributed by atoms with Gasteiger partial charge in [-0.1, -0.05) is 0 Å². The third kappa shape index (κ3) is 5.01. The van der Waals surface area contributed by atoms with Gasteiger partial charge in [0.05, 0.1) is 17.5 Å². The summed E-state index contributed by atoms with van der Waals surface area (Å²) in [6.45, 7) is 1.03. The minimum absolute atomic E-state index is 0.0389. The Balaban J connectivity index is 1.40. The van der Waals surface area contributed by atoms with E-state index >= 15 is 0 Å². The number of hydrogen-bond donors (Lipinski definition) is 1. The highest BCUT2D eigenvalue weighted by atomic mass is 19.4. The first-order valence-electron chi connectivity index (χ1n) is 11.4. The van der Waals surface area contributed by atoms with Crippen molar-refractivity contribution in [3.63, 3.8) is 0 Å². The van der Waals surface area contributed by atoms with Crippen molar-refractivity contribution in [2.75, 3.05) is 25.0 Å². The van der Waals surface area contributed by atoms with E-state index in [0.717, 1.165) is 4.90 Å². The highest BCUT2D eigenvalue weighted by Gasteiger charge is 2.44. The molecular formula is C23H25F3N4O5. The number of carbonyl (C=O) groups is 5. The zero-order valence-corrected chi connectivity index (χ0v) is 19.1. The molecule has 3 aliphatic rings. The van der Waals surface area contributed by atoms with Crippen LogP contribution in [0.25, 0.3) is 0 Å². The quantitative estimate of drug-likeness (QED) is 0.627. The van der Waals surface area contributed by atoms with Gasteiger partial charge < -0.3 is 9.80 Å². The molecule has 1 unspecified atom stereocenters. The van der Waals surface area contributed by atoms with Crippen LogP contribution in [-0.2, 0) is 14.4 Å². The number of amides is 5. The maximum atomic E-state index is 13.0. The van der Waals surface area contributed by atoms with Crippen molar-refractivity contribution in [2.45, 2.75) is 56.8 Å². The summed E-state index contributed by atoms with van der Waals surface area (Å²) in [6, 6.07) is 3.61. The van der Waals surface area contributed by atoms with E-state index in [1.807, 2.05) is 4.90 Å². The molecule has 4 rings (SSSR count). The van der Waals surface area contributed by atoms with Crippen LogP contribution in [-0.4, -0.2) is 77.7 Å². The Hall–Kier alpha value is -3.44. The van der Waals surface area contributed by atoms with Gasteiger partial charge in [0.15, 0.2) is 0 Å². The van der Waals surface area contributed by atoms with Crippen LogP contribution in [0.4, 0.5) is 18.9 Å². The largest absolute Gasteiger partial charge is 0.389 e. The third-order valence-electron chi connectivity index (χ3n) is 6.82. The van der Waals surface area contributed by atoms with Crippen LogP contribution in [0.1, 0.15) is 59.2 Å². The van der Waals surface area contributed by atoms with Crippen LogP contribution < -0.4 is 10.2 Å². The number of fused-ring (bicyclic) bond motifs is 1. The van der Waals surface area contributed by atoms with E-state index in [-0.39, 0.29) is 30.0 Å². The molecular weight excluding hydrogens is 469 g/mol. The van der Waals surface area contributed by atoms with E-state index in [0.29, 0.717) is 31.6 Å². The van der Waals surface area contributed by atoms with Crippen molar-refractivity contribution in [1.82, 2.24) is 15.1 Å². The molecule has 0 spiro atoms. The zero-order chi connectivity index (χ0) is 25.5. The first-order chi connectivity index (χ1) is 16.5. The number of imide groups is 2. The van der Waals surface area contributed by atoms with Gasteiger partial charge in [0.25, 0.3) is 11.8 Å². The molecule has 0 aromatic heterocycles. The van der Waals surface area contributed by atoms with Gasteiger partial charge in [-0.05, 0) is 37.5 Å². The summed E-state index contributed by atoms with van der Waals surface area (Å²) in [7, 11) is 1.52. The summed E-state index contributed by atoms with van der Waals surface area (Å²) < 4.78 is 37.2. The lowest BCUT2D eigenvalue weighted by Gasteiger charge is -2.38. The summed E-state index contributed by atoms with van der Waals surface area (Å²) in [5.41, 5.74) is 1.06. The maximum Gasteiger partial charge on any atom is 0.389 e. The van der Waals surface area contributed by atoms with E-state index in [2.05, 4.69) is 5.32 Å². The second kappa shape index (κ2) is 9.31. The Morgan fingerprint density at radius 3 is 2.34 bits per heavy atom. The van der Waals surface area contributed by atoms with E-state index in [9.17, 15) is 37.1 Å². The summed E-state index contributed by atoms with van der Waals surface area (Å²) in [6.07, 6.45) is -4.90. The fourth-order valence-corrected chi connectivity index (χ4v) is 4.80. The molecule has 188 valence electrons. The molecule has 5 amide bonds. The van der Waals surface area contributed by atoms with Gasteiger partial charge in [-0.25, -0.2) is 0 Å². The Bertz CT molecular complexity index is 1080. The van der Waals surface area contributed by atoms with Crippen molar-refractivity contribution in [1.29, 1.82) is 0 Å². The van der Waals surface area contributed by atoms with Crippen LogP contribution in [0.15, 0.2) is 18.2 Å². The molecule has 1 aromatic rings. The van der Waals surface area contributed by atoms with Gasteiger partial charge in [0.2, 0.25) is 17.7 Å². The Morgan fingerprint density at radius 2 is 1.71 bits per heavy atom. The third-order valence-corrected chi connectivity index (χ3v) is 6.82. The maximum absolute atomic E-state index is 13.0. The normalized spacial score (nSPS) is 21.3. The van der Waals surface area contributed by atoms with Crippen LogP contribution in [0.5, 0.6) is 0 Å². The average Bonchev–Trinajstić information content (AvgIpc) is 3.06. The summed E-state index contributed by atoms with van der Waals surface area (Å²) in [5, 5.41) is 2.16. The number of nitrogens with one attached hydrogen (secondary N) is 1. The molecule has 0 saturated carbocycles. The predicted molar refractivity (Wildman–Crippen MR) is 116 cm³/mol. The molecule has 1 aromatic carbocycles. The topological polar surface area (TPSA) is 107 Å². The number of hydrogen-bond acceptors (Lipinski definition) is 6. The van der Waals surface area contributed by atoms with Crippen molar-refractivity contribution >= 4 is 35.2 Å². The molecule has 1 N–H and O–H groups in total. The van der Waals surface area contributed by atoms with E-state index in [4.69, 9.17) is 0 Å². The number of benzene rings is 1. The van der Waals surface area contributed by atoms with Gasteiger partial charge in [-0.3, -0.25) is 34.2 Å². The lowest BCUT2D eigenvalue weighted by molar-refractivity contribution is -0.149. The molecule has 0 bridgehead atoms. The fourth-order valence-electron chi connectivity index (χ4n) is 4.80. The standard InChI is InChI=1S/C23H25F3N4O5/c1-28(19(32)6-9-23(24,25)26)13-7-10-29(11-8-13)14-2-3-15-16(12-14)22(35)30(21(15)34)17-4-5-18(31)27-20(17)33/h2-3,12-13,17H,4-11H2,1H3,(H,27,31,33). The predicted octanol–water partition coefficient (Wildman–Crippen LogP) is 1.86. The molecule has 2 saturated heterocycles. The highest BCUT2D eigenvalue weighted by Crippen LogP contribution is 2.32. The van der Waals surface area contributed by atoms with Crippen LogP contribution in [0, 0.1) is 0 Å². The molecule has 0 aliphatic carbocycles. The van der Waals surface area contributed by atoms with Crippen LogP contribution >= 0.6 is 0 Å². The van der Waals surface area contributed by atoms with Crippen molar-refractivity contribution < 1.29 is 37.1 Å². The number of carbonyl (C=O) groups excluding carboxylic acids is 5. The molecule has 35 heavy (non-hydrogen) atoms. The van der Waals surface area contributed by atoms with Crippen LogP contribution in [0.3, 0.4) is 0 Å². The minimum Gasteiger partial charge on any atom is -0.371 e. The second-order valence-electron chi connectivity index (χ2n) is 9.02. The van der Waals surface area contributed by atoms with E-state index in [1.54, 1.807) is 12.1 Å². The lowest BCUT2D eigenvalue weighted by atomic mass is 10.0. The van der Waals surface area contributed by atoms with E-state index < -0.39 is 54.6 Å². The smallest absolute Gasteiger partial charge is 0.371 e. The average molecular weight is 494 g/mol. The van der Waals surface area contributed by atoms with Gasteiger partial charge >= 0.3 is 6.18 Å².